The van der Waals surface area contributed by atoms with Gasteiger partial charge < -0.3 is 10.1 Å². The van der Waals surface area contributed by atoms with Crippen LogP contribution >= 0.6 is 11.3 Å². The first-order valence-electron chi connectivity index (χ1n) is 5.85. The Morgan fingerprint density at radius 3 is 2.81 bits per heavy atom. The summed E-state index contributed by atoms with van der Waals surface area (Å²) in [6.07, 6.45) is 2.17. The SMILES string of the molecule is CCNC(C)Cc1csc(CC(C)OC)n1. The summed E-state index contributed by atoms with van der Waals surface area (Å²) in [5, 5.41) is 6.73. The molecule has 1 aromatic heterocycles. The second kappa shape index (κ2) is 6.99. The van der Waals surface area contributed by atoms with Crippen molar-refractivity contribution in [3.05, 3.63) is 16.1 Å². The standard InChI is InChI=1S/C12H22N2OS/c1-5-13-9(2)6-11-8-16-12(14-11)7-10(3)15-4/h8-10,13H,5-7H2,1-4H3. The Morgan fingerprint density at radius 1 is 1.44 bits per heavy atom. The maximum atomic E-state index is 5.24. The van der Waals surface area contributed by atoms with Gasteiger partial charge in [0.2, 0.25) is 0 Å². The molecule has 0 saturated heterocycles. The Bertz CT molecular complexity index is 301. The van der Waals surface area contributed by atoms with Crippen LogP contribution in [0.15, 0.2) is 5.38 Å². The van der Waals surface area contributed by atoms with E-state index in [1.165, 1.54) is 10.7 Å². The van der Waals surface area contributed by atoms with E-state index in [1.54, 1.807) is 18.4 Å². The Hall–Kier alpha value is -0.450. The molecule has 1 rings (SSSR count). The Balaban J connectivity index is 2.44. The number of hydrogen-bond donors (Lipinski definition) is 1. The van der Waals surface area contributed by atoms with E-state index in [2.05, 4.69) is 36.5 Å². The molecule has 16 heavy (non-hydrogen) atoms. The smallest absolute Gasteiger partial charge is 0.0954 e. The Kier molecular flexibility index (Phi) is 5.95. The predicted molar refractivity (Wildman–Crippen MR) is 69.1 cm³/mol. The number of aromatic nitrogens is 1. The van der Waals surface area contributed by atoms with Crippen molar-refractivity contribution in [2.75, 3.05) is 13.7 Å². The minimum Gasteiger partial charge on any atom is -0.381 e. The summed E-state index contributed by atoms with van der Waals surface area (Å²) in [7, 11) is 1.74. The highest BCUT2D eigenvalue weighted by Crippen LogP contribution is 2.14. The molecule has 0 aromatic carbocycles. The van der Waals surface area contributed by atoms with Gasteiger partial charge in [-0.25, -0.2) is 4.98 Å². The third-order valence-corrected chi connectivity index (χ3v) is 3.45. The molecule has 3 nitrogen and oxygen atoms in total. The number of methoxy groups -OCH3 is 1. The maximum Gasteiger partial charge on any atom is 0.0954 e. The van der Waals surface area contributed by atoms with Gasteiger partial charge in [-0.3, -0.25) is 0 Å². The van der Waals surface area contributed by atoms with Gasteiger partial charge in [0.1, 0.15) is 0 Å². The lowest BCUT2D eigenvalue weighted by atomic mass is 10.2. The van der Waals surface area contributed by atoms with Crippen molar-refractivity contribution in [2.24, 2.45) is 0 Å². The minimum atomic E-state index is 0.255. The molecule has 1 N–H and O–H groups in total. The maximum absolute atomic E-state index is 5.24. The van der Waals surface area contributed by atoms with Crippen molar-refractivity contribution < 1.29 is 4.74 Å². The largest absolute Gasteiger partial charge is 0.381 e. The topological polar surface area (TPSA) is 34.1 Å². The number of nitrogens with one attached hydrogen (secondary N) is 1. The van der Waals surface area contributed by atoms with Gasteiger partial charge >= 0.3 is 0 Å². The lowest BCUT2D eigenvalue weighted by Gasteiger charge is -2.09. The molecule has 4 heteroatoms. The predicted octanol–water partition coefficient (Wildman–Crippen LogP) is 2.26. The first-order chi connectivity index (χ1) is 7.65. The van der Waals surface area contributed by atoms with Crippen LogP contribution < -0.4 is 5.32 Å². The average molecular weight is 242 g/mol. The fourth-order valence-corrected chi connectivity index (χ4v) is 2.52. The number of ether oxygens (including phenoxy) is 1. The van der Waals surface area contributed by atoms with E-state index < -0.39 is 0 Å². The van der Waals surface area contributed by atoms with Crippen LogP contribution in [0.2, 0.25) is 0 Å². The van der Waals surface area contributed by atoms with Crippen LogP contribution in [0, 0.1) is 0 Å². The van der Waals surface area contributed by atoms with Crippen LogP contribution in [0.3, 0.4) is 0 Å². The molecule has 92 valence electrons. The first-order valence-corrected chi connectivity index (χ1v) is 6.73. The van der Waals surface area contributed by atoms with Crippen molar-refractivity contribution in [3.8, 4) is 0 Å². The van der Waals surface area contributed by atoms with Gasteiger partial charge in [-0.05, 0) is 20.4 Å². The van der Waals surface area contributed by atoms with Crippen molar-refractivity contribution in [1.82, 2.24) is 10.3 Å². The van der Waals surface area contributed by atoms with E-state index in [0.29, 0.717) is 6.04 Å². The van der Waals surface area contributed by atoms with Crippen LogP contribution in [0.5, 0.6) is 0 Å². The zero-order chi connectivity index (χ0) is 12.0. The number of thiazole rings is 1. The molecule has 0 amide bonds. The van der Waals surface area contributed by atoms with Crippen molar-refractivity contribution >= 4 is 11.3 Å². The summed E-state index contributed by atoms with van der Waals surface area (Å²) in [6, 6.07) is 0.500. The van der Waals surface area contributed by atoms with Crippen LogP contribution in [0.25, 0.3) is 0 Å². The summed E-state index contributed by atoms with van der Waals surface area (Å²) in [4.78, 5) is 4.62. The Labute approximate surface area is 102 Å². The van der Waals surface area contributed by atoms with Crippen LogP contribution in [-0.4, -0.2) is 30.8 Å². The molecule has 0 aliphatic rings. The molecule has 0 spiro atoms. The highest BCUT2D eigenvalue weighted by Gasteiger charge is 2.09. The highest BCUT2D eigenvalue weighted by atomic mass is 32.1. The molecule has 0 fully saturated rings. The molecule has 1 aromatic rings. The second-order valence-corrected chi connectivity index (χ2v) is 5.09. The molecule has 2 unspecified atom stereocenters. The molecule has 0 aliphatic heterocycles. The summed E-state index contributed by atoms with van der Waals surface area (Å²) in [5.41, 5.74) is 1.19. The molecule has 0 bridgehead atoms. The molecule has 0 radical (unpaired) electrons. The molecular weight excluding hydrogens is 220 g/mol. The van der Waals surface area contributed by atoms with E-state index in [1.807, 2.05) is 0 Å². The van der Waals surface area contributed by atoms with Gasteiger partial charge in [0.05, 0.1) is 16.8 Å². The molecular formula is C12H22N2OS. The van der Waals surface area contributed by atoms with Gasteiger partial charge in [-0.2, -0.15) is 0 Å². The first kappa shape index (κ1) is 13.6. The molecule has 1 heterocycles. The van der Waals surface area contributed by atoms with Crippen LogP contribution in [0.4, 0.5) is 0 Å². The van der Waals surface area contributed by atoms with E-state index in [4.69, 9.17) is 4.74 Å². The minimum absolute atomic E-state index is 0.255. The third kappa shape index (κ3) is 4.60. The third-order valence-electron chi connectivity index (χ3n) is 2.53. The number of nitrogens with zero attached hydrogens (tertiary/aromatic N) is 1. The summed E-state index contributed by atoms with van der Waals surface area (Å²) in [6.45, 7) is 7.41. The van der Waals surface area contributed by atoms with Gasteiger partial charge in [0, 0.05) is 31.4 Å². The van der Waals surface area contributed by atoms with Crippen molar-refractivity contribution in [2.45, 2.75) is 45.8 Å². The van der Waals surface area contributed by atoms with Crippen LogP contribution in [0.1, 0.15) is 31.5 Å². The van der Waals surface area contributed by atoms with E-state index in [-0.39, 0.29) is 6.10 Å². The second-order valence-electron chi connectivity index (χ2n) is 4.15. The number of hydrogen-bond acceptors (Lipinski definition) is 4. The molecule has 0 aliphatic carbocycles. The highest BCUT2D eigenvalue weighted by molar-refractivity contribution is 7.09. The summed E-state index contributed by atoms with van der Waals surface area (Å²) in [5.74, 6) is 0. The quantitative estimate of drug-likeness (QED) is 0.796. The Morgan fingerprint density at radius 2 is 2.19 bits per heavy atom. The fraction of sp³-hybridized carbons (Fsp3) is 0.750. The monoisotopic (exact) mass is 242 g/mol. The summed E-state index contributed by atoms with van der Waals surface area (Å²) < 4.78 is 5.24. The van der Waals surface area contributed by atoms with Gasteiger partial charge in [0.15, 0.2) is 0 Å². The fourth-order valence-electron chi connectivity index (χ4n) is 1.60. The lowest BCUT2D eigenvalue weighted by molar-refractivity contribution is 0.118. The van der Waals surface area contributed by atoms with E-state index in [9.17, 15) is 0 Å². The van der Waals surface area contributed by atoms with E-state index in [0.717, 1.165) is 19.4 Å². The van der Waals surface area contributed by atoms with Crippen LogP contribution in [-0.2, 0) is 17.6 Å². The summed E-state index contributed by atoms with van der Waals surface area (Å²) >= 11 is 1.73. The molecule has 2 atom stereocenters. The number of rotatable bonds is 7. The zero-order valence-corrected chi connectivity index (χ0v) is 11.4. The van der Waals surface area contributed by atoms with Crippen molar-refractivity contribution in [3.63, 3.8) is 0 Å². The lowest BCUT2D eigenvalue weighted by Crippen LogP contribution is -2.27. The zero-order valence-electron chi connectivity index (χ0n) is 10.6. The van der Waals surface area contributed by atoms with Crippen molar-refractivity contribution in [1.29, 1.82) is 0 Å². The normalized spacial score (nSPS) is 15.0. The molecule has 0 saturated carbocycles. The number of likely N-dealkylation sites (N-methyl/N-ethyl adjacent to an activating group) is 1. The van der Waals surface area contributed by atoms with Gasteiger partial charge in [0.25, 0.3) is 0 Å². The average Bonchev–Trinajstić information content (AvgIpc) is 2.65. The van der Waals surface area contributed by atoms with E-state index >= 15 is 0 Å². The van der Waals surface area contributed by atoms with Gasteiger partial charge in [-0.1, -0.05) is 6.92 Å². The van der Waals surface area contributed by atoms with Gasteiger partial charge in [-0.15, -0.1) is 11.3 Å².